The maximum absolute atomic E-state index is 10.2. The molecule has 0 radical (unpaired) electrons. The summed E-state index contributed by atoms with van der Waals surface area (Å²) in [5.41, 5.74) is 1.11. The number of guanidine groups is 1. The zero-order valence-electron chi connectivity index (χ0n) is 13.9. The van der Waals surface area contributed by atoms with Crippen molar-refractivity contribution < 1.29 is 5.11 Å². The van der Waals surface area contributed by atoms with Crippen molar-refractivity contribution in [2.45, 2.75) is 32.8 Å². The predicted molar refractivity (Wildman–Crippen MR) is 103 cm³/mol. The van der Waals surface area contributed by atoms with Crippen LogP contribution in [0.25, 0.3) is 0 Å². The summed E-state index contributed by atoms with van der Waals surface area (Å²) < 4.78 is 0.674. The number of rotatable bonds is 8. The van der Waals surface area contributed by atoms with Crippen LogP contribution in [0.3, 0.4) is 0 Å². The molecule has 2 rings (SSSR count). The first-order valence-electron chi connectivity index (χ1n) is 8.01. The smallest absolute Gasteiger partial charge is 0.191 e. The Morgan fingerprint density at radius 2 is 2.21 bits per heavy atom. The molecule has 2 aromatic rings. The number of hydrogen-bond donors (Lipinski definition) is 3. The lowest BCUT2D eigenvalue weighted by Crippen LogP contribution is -2.38. The summed E-state index contributed by atoms with van der Waals surface area (Å²) in [6, 6.07) is 3.62. The average molecular weight is 387 g/mol. The van der Waals surface area contributed by atoms with E-state index in [1.54, 1.807) is 17.4 Å². The number of aliphatic imine (C=N–C) groups is 1. The van der Waals surface area contributed by atoms with Crippen molar-refractivity contribution >= 4 is 40.2 Å². The minimum absolute atomic E-state index is 0.295. The van der Waals surface area contributed by atoms with Gasteiger partial charge >= 0.3 is 0 Å². The fraction of sp³-hybridized carbons (Fsp3) is 0.500. The lowest BCUT2D eigenvalue weighted by molar-refractivity contribution is 0.191. The Bertz CT molecular complexity index is 656. The number of thiazole rings is 1. The number of aliphatic hydroxyl groups is 1. The molecule has 0 amide bonds. The van der Waals surface area contributed by atoms with E-state index in [1.165, 1.54) is 16.3 Å². The van der Waals surface area contributed by atoms with Crippen LogP contribution in [0.1, 0.15) is 35.5 Å². The van der Waals surface area contributed by atoms with Gasteiger partial charge < -0.3 is 15.7 Å². The van der Waals surface area contributed by atoms with E-state index in [9.17, 15) is 5.11 Å². The molecule has 24 heavy (non-hydrogen) atoms. The summed E-state index contributed by atoms with van der Waals surface area (Å²) in [6.45, 7) is 5.94. The quantitative estimate of drug-likeness (QED) is 0.481. The van der Waals surface area contributed by atoms with Crippen LogP contribution < -0.4 is 10.6 Å². The van der Waals surface area contributed by atoms with E-state index in [2.05, 4.69) is 32.9 Å². The highest BCUT2D eigenvalue weighted by Gasteiger charge is 2.10. The van der Waals surface area contributed by atoms with Crippen LogP contribution in [0.15, 0.2) is 22.5 Å². The van der Waals surface area contributed by atoms with Crippen LogP contribution in [0.4, 0.5) is 0 Å². The SMILES string of the molecule is CCNC(=NCC(O)c1ccc(Cl)s1)NCCc1csc(CC)n1. The number of aliphatic hydroxyl groups excluding tert-OH is 1. The van der Waals surface area contributed by atoms with Gasteiger partial charge in [-0.1, -0.05) is 18.5 Å². The minimum atomic E-state index is -0.636. The van der Waals surface area contributed by atoms with E-state index in [1.807, 2.05) is 13.0 Å². The van der Waals surface area contributed by atoms with E-state index in [4.69, 9.17) is 11.6 Å². The van der Waals surface area contributed by atoms with Gasteiger partial charge in [-0.2, -0.15) is 0 Å². The zero-order chi connectivity index (χ0) is 17.4. The highest BCUT2D eigenvalue weighted by molar-refractivity contribution is 7.16. The third-order valence-electron chi connectivity index (χ3n) is 3.26. The molecule has 0 aromatic carbocycles. The van der Waals surface area contributed by atoms with E-state index in [0.29, 0.717) is 16.8 Å². The first kappa shape index (κ1) is 19.2. The fourth-order valence-electron chi connectivity index (χ4n) is 2.05. The average Bonchev–Trinajstić information content (AvgIpc) is 3.21. The first-order valence-corrected chi connectivity index (χ1v) is 10.1. The maximum Gasteiger partial charge on any atom is 0.191 e. The summed E-state index contributed by atoms with van der Waals surface area (Å²) in [7, 11) is 0. The van der Waals surface area contributed by atoms with Crippen molar-refractivity contribution in [3.05, 3.63) is 37.4 Å². The molecule has 0 saturated heterocycles. The number of nitrogens with one attached hydrogen (secondary N) is 2. The fourth-order valence-corrected chi connectivity index (χ4v) is 3.87. The predicted octanol–water partition coefficient (Wildman–Crippen LogP) is 3.25. The van der Waals surface area contributed by atoms with Crippen molar-refractivity contribution in [3.8, 4) is 0 Å². The molecule has 0 aliphatic heterocycles. The summed E-state index contributed by atoms with van der Waals surface area (Å²) in [5, 5.41) is 19.9. The Labute approximate surface area is 155 Å². The number of halogens is 1. The number of hydrogen-bond acceptors (Lipinski definition) is 5. The summed E-state index contributed by atoms with van der Waals surface area (Å²) in [4.78, 5) is 9.82. The molecule has 2 heterocycles. The molecule has 1 unspecified atom stereocenters. The van der Waals surface area contributed by atoms with Crippen LogP contribution in [0.2, 0.25) is 4.34 Å². The maximum atomic E-state index is 10.2. The van der Waals surface area contributed by atoms with Crippen molar-refractivity contribution in [2.24, 2.45) is 4.99 Å². The second-order valence-corrected chi connectivity index (χ2v) is 7.83. The molecule has 8 heteroatoms. The molecule has 0 spiro atoms. The topological polar surface area (TPSA) is 69.5 Å². The lowest BCUT2D eigenvalue weighted by atomic mass is 10.3. The Morgan fingerprint density at radius 3 is 2.83 bits per heavy atom. The molecular weight excluding hydrogens is 364 g/mol. The second-order valence-electron chi connectivity index (χ2n) is 5.14. The number of aromatic nitrogens is 1. The van der Waals surface area contributed by atoms with Crippen LogP contribution in [-0.4, -0.2) is 35.7 Å². The normalized spacial score (nSPS) is 13.1. The summed E-state index contributed by atoms with van der Waals surface area (Å²) in [6.07, 6.45) is 1.19. The summed E-state index contributed by atoms with van der Waals surface area (Å²) >= 11 is 8.98. The second kappa shape index (κ2) is 9.98. The van der Waals surface area contributed by atoms with Gasteiger partial charge in [-0.25, -0.2) is 4.98 Å². The van der Waals surface area contributed by atoms with Gasteiger partial charge in [0, 0.05) is 29.8 Å². The van der Waals surface area contributed by atoms with E-state index >= 15 is 0 Å². The Morgan fingerprint density at radius 1 is 1.38 bits per heavy atom. The van der Waals surface area contributed by atoms with Gasteiger partial charge in [0.25, 0.3) is 0 Å². The third-order valence-corrected chi connectivity index (χ3v) is 5.64. The molecule has 5 nitrogen and oxygen atoms in total. The van der Waals surface area contributed by atoms with Crippen LogP contribution in [0, 0.1) is 0 Å². The van der Waals surface area contributed by atoms with Crippen molar-refractivity contribution in [1.82, 2.24) is 15.6 Å². The Hall–Kier alpha value is -1.15. The standard InChI is InChI=1S/C16H23ClN4OS2/c1-3-15-21-11(10-23-15)7-8-19-16(18-4-2)20-9-12(22)13-5-6-14(17)24-13/h5-6,10,12,22H,3-4,7-9H2,1-2H3,(H2,18,19,20). The zero-order valence-corrected chi connectivity index (χ0v) is 16.3. The third kappa shape index (κ3) is 6.05. The van der Waals surface area contributed by atoms with Gasteiger partial charge in [0.05, 0.1) is 21.6 Å². The molecule has 0 aliphatic rings. The highest BCUT2D eigenvalue weighted by Crippen LogP contribution is 2.26. The molecule has 3 N–H and O–H groups in total. The largest absolute Gasteiger partial charge is 0.386 e. The van der Waals surface area contributed by atoms with E-state index < -0.39 is 6.10 Å². The van der Waals surface area contributed by atoms with Crippen LogP contribution >= 0.6 is 34.3 Å². The molecule has 2 aromatic heterocycles. The molecule has 1 atom stereocenters. The molecule has 132 valence electrons. The summed E-state index contributed by atoms with van der Waals surface area (Å²) in [5.74, 6) is 0.699. The van der Waals surface area contributed by atoms with E-state index in [0.717, 1.165) is 36.5 Å². The molecule has 0 bridgehead atoms. The van der Waals surface area contributed by atoms with E-state index in [-0.39, 0.29) is 0 Å². The van der Waals surface area contributed by atoms with Crippen molar-refractivity contribution in [1.29, 1.82) is 0 Å². The van der Waals surface area contributed by atoms with Gasteiger partial charge in [-0.05, 0) is 25.5 Å². The molecule has 0 saturated carbocycles. The van der Waals surface area contributed by atoms with Gasteiger partial charge in [0.15, 0.2) is 5.96 Å². The van der Waals surface area contributed by atoms with Crippen LogP contribution in [0.5, 0.6) is 0 Å². The monoisotopic (exact) mass is 386 g/mol. The van der Waals surface area contributed by atoms with Gasteiger partial charge in [-0.15, -0.1) is 22.7 Å². The first-order chi connectivity index (χ1) is 11.6. The van der Waals surface area contributed by atoms with Crippen molar-refractivity contribution in [3.63, 3.8) is 0 Å². The number of thiophene rings is 1. The lowest BCUT2D eigenvalue weighted by Gasteiger charge is -2.12. The highest BCUT2D eigenvalue weighted by atomic mass is 35.5. The van der Waals surface area contributed by atoms with Crippen molar-refractivity contribution in [2.75, 3.05) is 19.6 Å². The number of nitrogens with zero attached hydrogens (tertiary/aromatic N) is 2. The Kier molecular flexibility index (Phi) is 7.98. The molecular formula is C16H23ClN4OS2. The molecule has 0 aliphatic carbocycles. The van der Waals surface area contributed by atoms with Crippen LogP contribution in [-0.2, 0) is 12.8 Å². The van der Waals surface area contributed by atoms with Gasteiger partial charge in [-0.3, -0.25) is 4.99 Å². The Balaban J connectivity index is 1.83. The van der Waals surface area contributed by atoms with Gasteiger partial charge in [0.2, 0.25) is 0 Å². The number of aryl methyl sites for hydroxylation is 1. The minimum Gasteiger partial charge on any atom is -0.386 e. The van der Waals surface area contributed by atoms with Gasteiger partial charge in [0.1, 0.15) is 6.10 Å². The molecule has 0 fully saturated rings.